The van der Waals surface area contributed by atoms with Crippen molar-refractivity contribution in [1.29, 1.82) is 0 Å². The van der Waals surface area contributed by atoms with Crippen LogP contribution >= 0.6 is 11.6 Å². The summed E-state index contributed by atoms with van der Waals surface area (Å²) < 4.78 is 62.8. The first-order valence-corrected chi connectivity index (χ1v) is 4.85. The predicted molar refractivity (Wildman–Crippen MR) is 52.3 cm³/mol. The maximum Gasteiger partial charge on any atom is 0.433 e. The van der Waals surface area contributed by atoms with Gasteiger partial charge in [0.2, 0.25) is 0 Å². The van der Waals surface area contributed by atoms with E-state index in [1.807, 2.05) is 0 Å². The SMILES string of the molecule is NCc1c(C(F)(F)F)ncc(C(F)F)c1C(=O)Cl. The van der Waals surface area contributed by atoms with Crippen LogP contribution in [0.5, 0.6) is 0 Å². The Hall–Kier alpha value is -1.28. The fraction of sp³-hybridized carbons (Fsp3) is 0.333. The molecular weight excluding hydrogens is 283 g/mol. The number of nitrogens with zero attached hydrogens (tertiary/aromatic N) is 1. The van der Waals surface area contributed by atoms with Crippen LogP contribution < -0.4 is 5.73 Å². The minimum atomic E-state index is -4.91. The van der Waals surface area contributed by atoms with E-state index in [-0.39, 0.29) is 6.20 Å². The minimum absolute atomic E-state index is 0.280. The van der Waals surface area contributed by atoms with Crippen molar-refractivity contribution in [3.8, 4) is 0 Å². The molecule has 0 aromatic carbocycles. The van der Waals surface area contributed by atoms with Gasteiger partial charge in [0.05, 0.1) is 5.56 Å². The molecule has 0 bridgehead atoms. The molecule has 1 aromatic rings. The molecule has 0 aliphatic rings. The fourth-order valence-corrected chi connectivity index (χ4v) is 1.63. The summed E-state index contributed by atoms with van der Waals surface area (Å²) in [5.74, 6) is 0. The zero-order valence-electron chi connectivity index (χ0n) is 8.56. The smallest absolute Gasteiger partial charge is 0.326 e. The van der Waals surface area contributed by atoms with Gasteiger partial charge in [0.15, 0.2) is 0 Å². The van der Waals surface area contributed by atoms with Gasteiger partial charge in [-0.25, -0.2) is 8.78 Å². The number of rotatable bonds is 3. The quantitative estimate of drug-likeness (QED) is 0.687. The maximum atomic E-state index is 12.6. The van der Waals surface area contributed by atoms with E-state index in [0.29, 0.717) is 0 Å². The molecule has 0 spiro atoms. The van der Waals surface area contributed by atoms with Gasteiger partial charge >= 0.3 is 6.18 Å². The molecule has 0 unspecified atom stereocenters. The highest BCUT2D eigenvalue weighted by atomic mass is 35.5. The number of carbonyl (C=O) groups excluding carboxylic acids is 1. The van der Waals surface area contributed by atoms with Crippen LogP contribution in [0.3, 0.4) is 0 Å². The molecule has 0 amide bonds. The summed E-state index contributed by atoms with van der Waals surface area (Å²) in [5, 5.41) is -1.43. The van der Waals surface area contributed by atoms with Crippen molar-refractivity contribution in [2.45, 2.75) is 19.1 Å². The number of pyridine rings is 1. The lowest BCUT2D eigenvalue weighted by molar-refractivity contribution is -0.141. The number of aromatic nitrogens is 1. The Bertz CT molecular complexity index is 475. The van der Waals surface area contributed by atoms with Crippen LogP contribution in [-0.4, -0.2) is 10.2 Å². The standard InChI is InChI=1S/C9H6ClF5N2O/c10-7(18)5-3(1-16)6(9(13,14)15)17-2-4(5)8(11)12/h2,8H,1,16H2. The second kappa shape index (κ2) is 5.15. The van der Waals surface area contributed by atoms with Gasteiger partial charge in [-0.1, -0.05) is 0 Å². The van der Waals surface area contributed by atoms with Gasteiger partial charge in [-0.05, 0) is 11.6 Å². The van der Waals surface area contributed by atoms with Crippen molar-refractivity contribution in [3.05, 3.63) is 28.6 Å². The summed E-state index contributed by atoms with van der Waals surface area (Å²) in [5.41, 5.74) is 0.836. The second-order valence-corrected chi connectivity index (χ2v) is 3.54. The Morgan fingerprint density at radius 3 is 2.33 bits per heavy atom. The van der Waals surface area contributed by atoms with Crippen LogP contribution in [-0.2, 0) is 12.7 Å². The van der Waals surface area contributed by atoms with E-state index >= 15 is 0 Å². The van der Waals surface area contributed by atoms with Gasteiger partial charge in [0, 0.05) is 23.9 Å². The van der Waals surface area contributed by atoms with Gasteiger partial charge in [-0.3, -0.25) is 9.78 Å². The number of halogens is 6. The zero-order valence-corrected chi connectivity index (χ0v) is 9.32. The molecule has 1 rings (SSSR count). The van der Waals surface area contributed by atoms with Crippen molar-refractivity contribution < 1.29 is 26.7 Å². The molecule has 1 heterocycles. The Morgan fingerprint density at radius 2 is 2.00 bits per heavy atom. The van der Waals surface area contributed by atoms with Gasteiger partial charge in [-0.15, -0.1) is 0 Å². The number of nitrogens with two attached hydrogens (primary N) is 1. The van der Waals surface area contributed by atoms with Crippen LogP contribution in [0.1, 0.15) is 33.6 Å². The maximum absolute atomic E-state index is 12.6. The summed E-state index contributed by atoms with van der Waals surface area (Å²) in [6, 6.07) is 0. The largest absolute Gasteiger partial charge is 0.433 e. The molecule has 3 nitrogen and oxygen atoms in total. The van der Waals surface area contributed by atoms with Gasteiger partial charge in [-0.2, -0.15) is 13.2 Å². The molecule has 18 heavy (non-hydrogen) atoms. The Kier molecular flexibility index (Phi) is 4.23. The molecule has 0 fully saturated rings. The monoisotopic (exact) mass is 288 g/mol. The van der Waals surface area contributed by atoms with Crippen molar-refractivity contribution in [3.63, 3.8) is 0 Å². The minimum Gasteiger partial charge on any atom is -0.326 e. The van der Waals surface area contributed by atoms with Crippen molar-refractivity contribution in [1.82, 2.24) is 4.98 Å². The highest BCUT2D eigenvalue weighted by Gasteiger charge is 2.38. The molecular formula is C9H6ClF5N2O. The molecule has 9 heteroatoms. The summed E-state index contributed by atoms with van der Waals surface area (Å²) in [4.78, 5) is 13.9. The summed E-state index contributed by atoms with van der Waals surface area (Å²) >= 11 is 5.04. The first kappa shape index (κ1) is 14.8. The van der Waals surface area contributed by atoms with Crippen LogP contribution in [0.25, 0.3) is 0 Å². The molecule has 0 radical (unpaired) electrons. The lowest BCUT2D eigenvalue weighted by atomic mass is 10.0. The van der Waals surface area contributed by atoms with Crippen LogP contribution in [0.2, 0.25) is 0 Å². The zero-order chi connectivity index (χ0) is 14.1. The van der Waals surface area contributed by atoms with Gasteiger partial charge in [0.25, 0.3) is 11.7 Å². The first-order chi connectivity index (χ1) is 8.20. The molecule has 0 saturated heterocycles. The number of alkyl halides is 5. The highest BCUT2D eigenvalue weighted by Crippen LogP contribution is 2.35. The average Bonchev–Trinajstić information content (AvgIpc) is 2.25. The average molecular weight is 289 g/mol. The van der Waals surface area contributed by atoms with E-state index in [1.165, 1.54) is 0 Å². The second-order valence-electron chi connectivity index (χ2n) is 3.19. The lowest BCUT2D eigenvalue weighted by Gasteiger charge is -2.15. The summed E-state index contributed by atoms with van der Waals surface area (Å²) in [6.45, 7) is -0.782. The topological polar surface area (TPSA) is 56.0 Å². The Labute approximate surface area is 103 Å². The van der Waals surface area contributed by atoms with E-state index in [0.717, 1.165) is 0 Å². The van der Waals surface area contributed by atoms with Crippen LogP contribution in [0, 0.1) is 0 Å². The van der Waals surface area contributed by atoms with Crippen molar-refractivity contribution in [2.75, 3.05) is 0 Å². The van der Waals surface area contributed by atoms with E-state index in [2.05, 4.69) is 4.98 Å². The molecule has 0 aliphatic carbocycles. The molecule has 100 valence electrons. The highest BCUT2D eigenvalue weighted by molar-refractivity contribution is 6.68. The number of hydrogen-bond acceptors (Lipinski definition) is 3. The summed E-state index contributed by atoms with van der Waals surface area (Å²) in [7, 11) is 0. The third-order valence-corrected chi connectivity index (χ3v) is 2.30. The number of carbonyl (C=O) groups is 1. The van der Waals surface area contributed by atoms with E-state index in [1.54, 1.807) is 0 Å². The van der Waals surface area contributed by atoms with Crippen LogP contribution in [0.15, 0.2) is 6.20 Å². The predicted octanol–water partition coefficient (Wildman–Crippen LogP) is 2.88. The lowest BCUT2D eigenvalue weighted by Crippen LogP contribution is -2.19. The third kappa shape index (κ3) is 2.75. The first-order valence-electron chi connectivity index (χ1n) is 4.47. The normalized spacial score (nSPS) is 12.0. The van der Waals surface area contributed by atoms with Crippen molar-refractivity contribution in [2.24, 2.45) is 5.73 Å². The van der Waals surface area contributed by atoms with E-state index in [9.17, 15) is 26.7 Å². The third-order valence-electron chi connectivity index (χ3n) is 2.11. The molecule has 0 saturated carbocycles. The number of hydrogen-bond donors (Lipinski definition) is 1. The summed E-state index contributed by atoms with van der Waals surface area (Å²) in [6.07, 6.45) is -7.80. The Morgan fingerprint density at radius 1 is 1.44 bits per heavy atom. The molecule has 0 aliphatic heterocycles. The van der Waals surface area contributed by atoms with Crippen LogP contribution in [0.4, 0.5) is 22.0 Å². The molecule has 0 atom stereocenters. The fourth-order valence-electron chi connectivity index (χ4n) is 1.41. The van der Waals surface area contributed by atoms with Gasteiger partial charge < -0.3 is 5.73 Å². The Balaban J connectivity index is 3.64. The van der Waals surface area contributed by atoms with Gasteiger partial charge in [0.1, 0.15) is 5.69 Å². The van der Waals surface area contributed by atoms with E-state index in [4.69, 9.17) is 17.3 Å². The van der Waals surface area contributed by atoms with Crippen molar-refractivity contribution >= 4 is 16.8 Å². The molecule has 1 aromatic heterocycles. The van der Waals surface area contributed by atoms with E-state index < -0.39 is 46.8 Å². The molecule has 2 N–H and O–H groups in total.